The molecule has 0 amide bonds. The maximum Gasteiger partial charge on any atom is 0.0584 e. The minimum atomic E-state index is -1.30. The quantitative estimate of drug-likeness (QED) is 0.0993. The summed E-state index contributed by atoms with van der Waals surface area (Å²) in [6, 6.07) is 15.5. The van der Waals surface area contributed by atoms with Gasteiger partial charge >= 0.3 is 0 Å². The predicted molar refractivity (Wildman–Crippen MR) is 207 cm³/mol. The minimum Gasteiger partial charge on any atom is -0.157 e. The molecule has 1 aliphatic rings. The smallest absolute Gasteiger partial charge is 0.0584 e. The fourth-order valence-corrected chi connectivity index (χ4v) is 15.3. The van der Waals surface area contributed by atoms with Gasteiger partial charge in [0.05, 0.1) is 9.75 Å². The Hall–Kier alpha value is -1.03. The lowest BCUT2D eigenvalue weighted by atomic mass is 9.95. The van der Waals surface area contributed by atoms with E-state index in [4.69, 9.17) is 0 Å². The number of hydrogen-bond donors (Lipinski definition) is 0. The van der Waals surface area contributed by atoms with Gasteiger partial charge in [0, 0.05) is 19.5 Å². The van der Waals surface area contributed by atoms with E-state index in [1.165, 1.54) is 132 Å². The maximum absolute atomic E-state index is 2.69. The van der Waals surface area contributed by atoms with E-state index < -0.39 is 10.0 Å². The van der Waals surface area contributed by atoms with Gasteiger partial charge in [-0.15, -0.1) is 22.7 Å². The van der Waals surface area contributed by atoms with Crippen molar-refractivity contribution in [3.05, 3.63) is 51.7 Å². The summed E-state index contributed by atoms with van der Waals surface area (Å²) in [5.74, 6) is 2.15. The van der Waals surface area contributed by atoms with Crippen LogP contribution in [0, 0.1) is 12.8 Å². The van der Waals surface area contributed by atoms with Crippen molar-refractivity contribution in [2.24, 2.45) is 5.92 Å². The van der Waals surface area contributed by atoms with Crippen molar-refractivity contribution in [3.8, 4) is 9.75 Å². The molecular weight excluding hydrogens is 601 g/mol. The molecule has 2 aromatic heterocycles. The van der Waals surface area contributed by atoms with Gasteiger partial charge < -0.3 is 0 Å². The highest BCUT2D eigenvalue weighted by molar-refractivity contribution is 8.34. The zero-order chi connectivity index (χ0) is 32.3. The number of hydrogen-bond acceptors (Lipinski definition) is 2. The van der Waals surface area contributed by atoms with E-state index in [0.717, 1.165) is 5.92 Å². The summed E-state index contributed by atoms with van der Waals surface area (Å²) in [7, 11) is -1.30. The molecule has 0 fully saturated rings. The maximum atomic E-state index is 2.69. The number of benzene rings is 1. The SMILES string of the molecule is CCCCCCCCC(CCCCCC)CS1(c2ccc(CCCCCCC)cc2)c2cc(C)sc2-c2sc(C(C)(C)C)cc21. The fraction of sp³-hybridized carbons (Fsp3) is 0.667. The van der Waals surface area contributed by atoms with Crippen LogP contribution in [0.15, 0.2) is 51.1 Å². The monoisotopic (exact) mass is 666 g/mol. The van der Waals surface area contributed by atoms with Gasteiger partial charge in [0.2, 0.25) is 0 Å². The highest BCUT2D eigenvalue weighted by Gasteiger charge is 2.45. The Morgan fingerprint density at radius 3 is 1.73 bits per heavy atom. The van der Waals surface area contributed by atoms with Gasteiger partial charge in [-0.05, 0) is 84.4 Å². The molecule has 45 heavy (non-hydrogen) atoms. The average molecular weight is 667 g/mol. The molecular formula is C42H66S3. The molecule has 252 valence electrons. The fourth-order valence-electron chi connectivity index (χ4n) is 7.28. The van der Waals surface area contributed by atoms with Crippen LogP contribution >= 0.6 is 32.7 Å². The molecule has 3 heteroatoms. The lowest BCUT2D eigenvalue weighted by Crippen LogP contribution is -2.15. The molecule has 0 saturated carbocycles. The first-order valence-corrected chi connectivity index (χ1v) is 22.3. The van der Waals surface area contributed by atoms with E-state index in [1.54, 1.807) is 29.3 Å². The molecule has 3 aromatic rings. The summed E-state index contributed by atoms with van der Waals surface area (Å²) in [4.78, 5) is 11.4. The third kappa shape index (κ3) is 9.54. The Balaban J connectivity index is 1.71. The predicted octanol–water partition coefficient (Wildman–Crippen LogP) is 15.5. The van der Waals surface area contributed by atoms with E-state index in [1.807, 2.05) is 0 Å². The molecule has 2 unspecified atom stereocenters. The van der Waals surface area contributed by atoms with Gasteiger partial charge in [0.15, 0.2) is 0 Å². The Bertz CT molecular complexity index is 1270. The van der Waals surface area contributed by atoms with Crippen LogP contribution in [-0.2, 0) is 11.8 Å². The van der Waals surface area contributed by atoms with E-state index in [0.29, 0.717) is 0 Å². The first-order chi connectivity index (χ1) is 21.7. The normalized spacial score (nSPS) is 18.1. The molecule has 1 aromatic carbocycles. The first-order valence-electron chi connectivity index (χ1n) is 18.9. The lowest BCUT2D eigenvalue weighted by Gasteiger charge is -2.41. The number of fused-ring (bicyclic) bond motifs is 3. The second kappa shape index (κ2) is 17.9. The number of unbranched alkanes of at least 4 members (excludes halogenated alkanes) is 12. The van der Waals surface area contributed by atoms with Crippen LogP contribution in [0.4, 0.5) is 0 Å². The second-order valence-corrected chi connectivity index (χ2v) is 20.6. The molecule has 4 rings (SSSR count). The van der Waals surface area contributed by atoms with Crippen LogP contribution in [0.1, 0.15) is 166 Å². The van der Waals surface area contributed by atoms with Crippen molar-refractivity contribution in [1.29, 1.82) is 0 Å². The van der Waals surface area contributed by atoms with Crippen molar-refractivity contribution < 1.29 is 0 Å². The van der Waals surface area contributed by atoms with Crippen molar-refractivity contribution in [2.75, 3.05) is 5.75 Å². The van der Waals surface area contributed by atoms with Crippen LogP contribution in [-0.4, -0.2) is 5.75 Å². The second-order valence-electron chi connectivity index (χ2n) is 15.1. The highest BCUT2D eigenvalue weighted by Crippen LogP contribution is 2.79. The van der Waals surface area contributed by atoms with Crippen LogP contribution in [0.3, 0.4) is 0 Å². The third-order valence-corrected chi connectivity index (χ3v) is 17.3. The molecule has 0 saturated heterocycles. The van der Waals surface area contributed by atoms with Gasteiger partial charge in [-0.1, -0.05) is 144 Å². The molecule has 0 radical (unpaired) electrons. The molecule has 3 heterocycles. The highest BCUT2D eigenvalue weighted by atomic mass is 32.3. The van der Waals surface area contributed by atoms with Crippen LogP contribution in [0.5, 0.6) is 0 Å². The zero-order valence-corrected chi connectivity index (χ0v) is 32.7. The van der Waals surface area contributed by atoms with Crippen molar-refractivity contribution >= 4 is 32.7 Å². The van der Waals surface area contributed by atoms with Crippen LogP contribution < -0.4 is 0 Å². The van der Waals surface area contributed by atoms with Gasteiger partial charge in [0.25, 0.3) is 0 Å². The summed E-state index contributed by atoms with van der Waals surface area (Å²) in [5, 5.41) is 0. The molecule has 0 bridgehead atoms. The summed E-state index contributed by atoms with van der Waals surface area (Å²) in [5.41, 5.74) is 1.72. The summed E-state index contributed by atoms with van der Waals surface area (Å²) >= 11 is 4.19. The molecule has 0 aliphatic carbocycles. The topological polar surface area (TPSA) is 0 Å². The van der Waals surface area contributed by atoms with Crippen LogP contribution in [0.25, 0.3) is 9.75 Å². The summed E-state index contributed by atoms with van der Waals surface area (Å²) < 4.78 is 0. The van der Waals surface area contributed by atoms with E-state index in [2.05, 4.69) is 108 Å². The van der Waals surface area contributed by atoms with Crippen molar-refractivity contribution in [3.63, 3.8) is 0 Å². The first kappa shape index (κ1) is 36.8. The van der Waals surface area contributed by atoms with Crippen LogP contribution in [0.2, 0.25) is 0 Å². The molecule has 0 N–H and O–H groups in total. The standard InChI is InChI=1S/C42H66S3/c1-8-11-14-17-19-22-25-35(24-20-16-13-10-3)32-45(36-28-26-34(27-29-36)23-21-18-15-12-9-2)37-30-33(4)43-40(37)41-38(45)31-39(44-41)42(5,6)7/h26-31,35H,8-25,32H2,1-7H3. The molecule has 2 atom stereocenters. The summed E-state index contributed by atoms with van der Waals surface area (Å²) in [6.07, 6.45) is 24.8. The third-order valence-electron chi connectivity index (χ3n) is 10.0. The largest absolute Gasteiger partial charge is 0.157 e. The van der Waals surface area contributed by atoms with Gasteiger partial charge in [-0.3, -0.25) is 0 Å². The zero-order valence-electron chi connectivity index (χ0n) is 30.2. The van der Waals surface area contributed by atoms with Gasteiger partial charge in [0.1, 0.15) is 0 Å². The van der Waals surface area contributed by atoms with E-state index in [9.17, 15) is 0 Å². The number of aryl methyl sites for hydroxylation is 2. The minimum absolute atomic E-state index is 0.187. The lowest BCUT2D eigenvalue weighted by molar-refractivity contribution is 0.438. The molecule has 0 nitrogen and oxygen atoms in total. The molecule has 0 spiro atoms. The average Bonchev–Trinajstić information content (AvgIpc) is 3.69. The van der Waals surface area contributed by atoms with Crippen molar-refractivity contribution in [2.45, 2.75) is 184 Å². The number of rotatable bonds is 21. The Morgan fingerprint density at radius 2 is 1.13 bits per heavy atom. The van der Waals surface area contributed by atoms with Gasteiger partial charge in [-0.25, -0.2) is 0 Å². The Morgan fingerprint density at radius 1 is 0.622 bits per heavy atom. The number of thiophene rings is 2. The molecule has 1 aliphatic heterocycles. The van der Waals surface area contributed by atoms with Crippen molar-refractivity contribution in [1.82, 2.24) is 0 Å². The Kier molecular flexibility index (Phi) is 14.7. The van der Waals surface area contributed by atoms with Gasteiger partial charge in [-0.2, -0.15) is 10.0 Å². The van der Waals surface area contributed by atoms with E-state index >= 15 is 0 Å². The summed E-state index contributed by atoms with van der Waals surface area (Å²) in [6.45, 7) is 16.6. The van der Waals surface area contributed by atoms with E-state index in [-0.39, 0.29) is 5.41 Å². The Labute approximate surface area is 288 Å².